The highest BCUT2D eigenvalue weighted by Crippen LogP contribution is 2.22. The third kappa shape index (κ3) is 2.04. The zero-order valence-corrected chi connectivity index (χ0v) is 8.49. The molecular formula is C11H11F4N. The fraction of sp³-hybridized carbons (Fsp3) is 0.455. The molecule has 5 heteroatoms. The fourth-order valence-corrected chi connectivity index (χ4v) is 1.98. The summed E-state index contributed by atoms with van der Waals surface area (Å²) in [6.45, 7) is 0.770. The maximum absolute atomic E-state index is 13.3. The molecule has 0 bridgehead atoms. The SMILES string of the molecule is Fc1cc(F)c(F)c(CC2CCCN2)c1F. The van der Waals surface area contributed by atoms with Crippen LogP contribution in [0.4, 0.5) is 17.6 Å². The summed E-state index contributed by atoms with van der Waals surface area (Å²) in [5.74, 6) is -5.25. The van der Waals surface area contributed by atoms with Crippen molar-refractivity contribution >= 4 is 0 Å². The standard InChI is InChI=1S/C11H11F4N/c12-8-5-9(13)11(15)7(10(8)14)4-6-2-1-3-16-6/h5-6,16H,1-4H2. The van der Waals surface area contributed by atoms with Crippen LogP contribution in [0.1, 0.15) is 18.4 Å². The van der Waals surface area contributed by atoms with Crippen LogP contribution in [0.3, 0.4) is 0 Å². The van der Waals surface area contributed by atoms with Crippen LogP contribution in [-0.2, 0) is 6.42 Å². The third-order valence-corrected chi connectivity index (χ3v) is 2.82. The van der Waals surface area contributed by atoms with Crippen molar-refractivity contribution in [3.63, 3.8) is 0 Å². The lowest BCUT2D eigenvalue weighted by atomic mass is 10.0. The highest BCUT2D eigenvalue weighted by atomic mass is 19.2. The molecule has 0 aromatic heterocycles. The van der Waals surface area contributed by atoms with Crippen LogP contribution in [0.5, 0.6) is 0 Å². The van der Waals surface area contributed by atoms with E-state index < -0.39 is 28.8 Å². The van der Waals surface area contributed by atoms with Crippen molar-refractivity contribution in [2.75, 3.05) is 6.54 Å². The van der Waals surface area contributed by atoms with E-state index in [2.05, 4.69) is 5.32 Å². The van der Waals surface area contributed by atoms with Crippen LogP contribution >= 0.6 is 0 Å². The number of hydrogen-bond donors (Lipinski definition) is 1. The van der Waals surface area contributed by atoms with Crippen LogP contribution in [0.25, 0.3) is 0 Å². The molecule has 1 saturated heterocycles. The van der Waals surface area contributed by atoms with Gasteiger partial charge in [-0.3, -0.25) is 0 Å². The molecule has 0 saturated carbocycles. The molecule has 1 fully saturated rings. The van der Waals surface area contributed by atoms with Crippen molar-refractivity contribution in [3.05, 3.63) is 34.9 Å². The Balaban J connectivity index is 2.31. The van der Waals surface area contributed by atoms with Crippen LogP contribution in [0, 0.1) is 23.3 Å². The van der Waals surface area contributed by atoms with E-state index in [0.717, 1.165) is 19.4 Å². The maximum atomic E-state index is 13.3. The van der Waals surface area contributed by atoms with Crippen LogP contribution < -0.4 is 5.32 Å². The van der Waals surface area contributed by atoms with E-state index in [4.69, 9.17) is 0 Å². The predicted octanol–water partition coefficient (Wildman–Crippen LogP) is 2.54. The zero-order valence-electron chi connectivity index (χ0n) is 8.49. The second-order valence-electron chi connectivity index (χ2n) is 3.94. The molecule has 1 aliphatic rings. The van der Waals surface area contributed by atoms with Crippen molar-refractivity contribution in [2.24, 2.45) is 0 Å². The van der Waals surface area contributed by atoms with Crippen molar-refractivity contribution in [2.45, 2.75) is 25.3 Å². The number of hydrogen-bond acceptors (Lipinski definition) is 1. The van der Waals surface area contributed by atoms with Gasteiger partial charge in [0.25, 0.3) is 0 Å². The minimum atomic E-state index is -1.34. The van der Waals surface area contributed by atoms with Crippen molar-refractivity contribution in [1.82, 2.24) is 5.32 Å². The highest BCUT2D eigenvalue weighted by molar-refractivity contribution is 5.23. The molecule has 1 N–H and O–H groups in total. The Labute approximate surface area is 90.5 Å². The molecule has 1 aromatic carbocycles. The highest BCUT2D eigenvalue weighted by Gasteiger charge is 2.23. The van der Waals surface area contributed by atoms with Gasteiger partial charge in [-0.05, 0) is 25.8 Å². The first-order chi connectivity index (χ1) is 7.59. The minimum Gasteiger partial charge on any atom is -0.314 e. The summed E-state index contributed by atoms with van der Waals surface area (Å²) >= 11 is 0. The first-order valence-electron chi connectivity index (χ1n) is 5.15. The molecule has 0 spiro atoms. The monoisotopic (exact) mass is 233 g/mol. The summed E-state index contributed by atoms with van der Waals surface area (Å²) < 4.78 is 52.4. The van der Waals surface area contributed by atoms with E-state index in [1.165, 1.54) is 0 Å². The first kappa shape index (κ1) is 11.4. The summed E-state index contributed by atoms with van der Waals surface area (Å²) in [5.41, 5.74) is -0.503. The van der Waals surface area contributed by atoms with Crippen LogP contribution in [-0.4, -0.2) is 12.6 Å². The maximum Gasteiger partial charge on any atom is 0.165 e. The molecule has 1 heterocycles. The molecule has 1 nitrogen and oxygen atoms in total. The van der Waals surface area contributed by atoms with Crippen molar-refractivity contribution in [3.8, 4) is 0 Å². The largest absolute Gasteiger partial charge is 0.314 e. The van der Waals surface area contributed by atoms with Gasteiger partial charge in [-0.25, -0.2) is 17.6 Å². The van der Waals surface area contributed by atoms with Gasteiger partial charge in [-0.2, -0.15) is 0 Å². The molecule has 1 atom stereocenters. The lowest BCUT2D eigenvalue weighted by Crippen LogP contribution is -2.25. The number of nitrogens with one attached hydrogen (secondary N) is 1. The average molecular weight is 233 g/mol. The lowest BCUT2D eigenvalue weighted by molar-refractivity contribution is 0.429. The molecular weight excluding hydrogens is 222 g/mol. The second-order valence-corrected chi connectivity index (χ2v) is 3.94. The van der Waals surface area contributed by atoms with E-state index in [1.807, 2.05) is 0 Å². The van der Waals surface area contributed by atoms with Crippen molar-refractivity contribution in [1.29, 1.82) is 0 Å². The Morgan fingerprint density at radius 3 is 2.25 bits per heavy atom. The first-order valence-corrected chi connectivity index (χ1v) is 5.15. The molecule has 0 amide bonds. The predicted molar refractivity (Wildman–Crippen MR) is 51.0 cm³/mol. The molecule has 0 radical (unpaired) electrons. The fourth-order valence-electron chi connectivity index (χ4n) is 1.98. The van der Waals surface area contributed by atoms with Gasteiger partial charge >= 0.3 is 0 Å². The van der Waals surface area contributed by atoms with Gasteiger partial charge in [0.1, 0.15) is 0 Å². The van der Waals surface area contributed by atoms with Crippen molar-refractivity contribution < 1.29 is 17.6 Å². The van der Waals surface area contributed by atoms with E-state index in [0.29, 0.717) is 0 Å². The Morgan fingerprint density at radius 1 is 1.12 bits per heavy atom. The molecule has 88 valence electrons. The second kappa shape index (κ2) is 4.41. The topological polar surface area (TPSA) is 12.0 Å². The van der Waals surface area contributed by atoms with Gasteiger partial charge in [-0.1, -0.05) is 0 Å². The Kier molecular flexibility index (Phi) is 3.14. The van der Waals surface area contributed by atoms with Gasteiger partial charge in [0.05, 0.1) is 0 Å². The van der Waals surface area contributed by atoms with Gasteiger partial charge in [-0.15, -0.1) is 0 Å². The molecule has 16 heavy (non-hydrogen) atoms. The van der Waals surface area contributed by atoms with E-state index in [9.17, 15) is 17.6 Å². The van der Waals surface area contributed by atoms with E-state index in [1.54, 1.807) is 0 Å². The summed E-state index contributed by atoms with van der Waals surface area (Å²) in [5, 5.41) is 3.02. The van der Waals surface area contributed by atoms with Gasteiger partial charge in [0, 0.05) is 17.7 Å². The number of halogens is 4. The van der Waals surface area contributed by atoms with E-state index >= 15 is 0 Å². The molecule has 1 unspecified atom stereocenters. The summed E-state index contributed by atoms with van der Waals surface area (Å²) in [4.78, 5) is 0. The molecule has 1 aromatic rings. The van der Waals surface area contributed by atoms with Crippen LogP contribution in [0.2, 0.25) is 0 Å². The Hall–Kier alpha value is -1.10. The summed E-state index contributed by atoms with van der Waals surface area (Å²) in [6.07, 6.45) is 1.65. The average Bonchev–Trinajstić information content (AvgIpc) is 2.74. The summed E-state index contributed by atoms with van der Waals surface area (Å²) in [7, 11) is 0. The zero-order chi connectivity index (χ0) is 11.7. The molecule has 1 aliphatic heterocycles. The number of benzene rings is 1. The molecule has 2 rings (SSSR count). The van der Waals surface area contributed by atoms with Gasteiger partial charge < -0.3 is 5.32 Å². The number of rotatable bonds is 2. The summed E-state index contributed by atoms with van der Waals surface area (Å²) in [6, 6.07) is 0.126. The quantitative estimate of drug-likeness (QED) is 0.611. The normalized spacial score (nSPS) is 20.4. The molecule has 0 aliphatic carbocycles. The minimum absolute atomic E-state index is 0.0215. The Morgan fingerprint density at radius 2 is 1.75 bits per heavy atom. The van der Waals surface area contributed by atoms with E-state index in [-0.39, 0.29) is 18.5 Å². The van der Waals surface area contributed by atoms with Gasteiger partial charge in [0.15, 0.2) is 23.3 Å². The smallest absolute Gasteiger partial charge is 0.165 e. The lowest BCUT2D eigenvalue weighted by Gasteiger charge is -2.12. The third-order valence-electron chi connectivity index (χ3n) is 2.82. The van der Waals surface area contributed by atoms with Crippen LogP contribution in [0.15, 0.2) is 6.07 Å². The Bertz CT molecular complexity index is 373. The van der Waals surface area contributed by atoms with Gasteiger partial charge in [0.2, 0.25) is 0 Å².